The smallest absolute Gasteiger partial charge is 0.340 e. The maximum absolute atomic E-state index is 13.1. The lowest BCUT2D eigenvalue weighted by Gasteiger charge is -2.22. The molecule has 0 aliphatic carbocycles. The lowest BCUT2D eigenvalue weighted by molar-refractivity contribution is -0.136. The van der Waals surface area contributed by atoms with Gasteiger partial charge in [-0.15, -0.1) is 11.3 Å². The van der Waals surface area contributed by atoms with Crippen LogP contribution in [0, 0.1) is 0 Å². The third kappa shape index (κ3) is 4.86. The van der Waals surface area contributed by atoms with Crippen LogP contribution >= 0.6 is 22.9 Å². The maximum atomic E-state index is 13.1. The Balaban J connectivity index is 1.57. The first-order valence-corrected chi connectivity index (χ1v) is 11.3. The summed E-state index contributed by atoms with van der Waals surface area (Å²) in [6.07, 6.45) is 0.514. The van der Waals surface area contributed by atoms with Gasteiger partial charge >= 0.3 is 5.97 Å². The van der Waals surface area contributed by atoms with Crippen molar-refractivity contribution in [2.45, 2.75) is 12.5 Å². The highest BCUT2D eigenvalue weighted by Gasteiger charge is 2.34. The lowest BCUT2D eigenvalue weighted by atomic mass is 10.0. The summed E-state index contributed by atoms with van der Waals surface area (Å²) >= 11 is 7.60. The Hall–Kier alpha value is -3.36. The number of thiophene rings is 1. The first-order valence-electron chi connectivity index (χ1n) is 10.1. The Morgan fingerprint density at radius 1 is 1.09 bits per heavy atom. The van der Waals surface area contributed by atoms with Crippen molar-refractivity contribution in [1.82, 2.24) is 5.01 Å². The first-order chi connectivity index (χ1) is 16.0. The maximum Gasteiger partial charge on any atom is 0.340 e. The number of amides is 1. The molecule has 0 spiro atoms. The Labute approximate surface area is 200 Å². The summed E-state index contributed by atoms with van der Waals surface area (Å²) in [4.78, 5) is 26.5. The molecule has 170 valence electrons. The fourth-order valence-corrected chi connectivity index (χ4v) is 4.48. The second kappa shape index (κ2) is 10.1. The summed E-state index contributed by atoms with van der Waals surface area (Å²) in [7, 11) is 3.12. The quantitative estimate of drug-likeness (QED) is 0.443. The van der Waals surface area contributed by atoms with Crippen LogP contribution in [-0.4, -0.2) is 43.4 Å². The van der Waals surface area contributed by atoms with Crippen LogP contribution in [0.2, 0.25) is 5.02 Å². The summed E-state index contributed by atoms with van der Waals surface area (Å²) in [6, 6.07) is 15.5. The van der Waals surface area contributed by atoms with E-state index in [2.05, 4.69) is 5.10 Å². The largest absolute Gasteiger partial charge is 0.493 e. The number of benzene rings is 2. The van der Waals surface area contributed by atoms with E-state index in [0.717, 1.165) is 16.2 Å². The number of carbonyl (C=O) groups excluding carboxylic acids is 2. The molecule has 0 bridgehead atoms. The highest BCUT2D eigenvalue weighted by atomic mass is 35.5. The van der Waals surface area contributed by atoms with Crippen molar-refractivity contribution in [2.75, 3.05) is 20.8 Å². The van der Waals surface area contributed by atoms with Crippen molar-refractivity contribution in [1.29, 1.82) is 0 Å². The number of hydrogen-bond donors (Lipinski definition) is 0. The van der Waals surface area contributed by atoms with E-state index in [4.69, 9.17) is 25.8 Å². The third-order valence-corrected chi connectivity index (χ3v) is 6.43. The number of hydrogen-bond acceptors (Lipinski definition) is 7. The predicted molar refractivity (Wildman–Crippen MR) is 126 cm³/mol. The zero-order chi connectivity index (χ0) is 23.4. The van der Waals surface area contributed by atoms with Crippen molar-refractivity contribution >= 4 is 40.5 Å². The van der Waals surface area contributed by atoms with Crippen molar-refractivity contribution in [3.63, 3.8) is 0 Å². The van der Waals surface area contributed by atoms with Crippen LogP contribution in [0.1, 0.15) is 33.3 Å². The second-order valence-corrected chi connectivity index (χ2v) is 8.51. The molecule has 1 unspecified atom stereocenters. The van der Waals surface area contributed by atoms with Crippen molar-refractivity contribution in [3.8, 4) is 11.5 Å². The third-order valence-electron chi connectivity index (χ3n) is 5.18. The van der Waals surface area contributed by atoms with Gasteiger partial charge in [-0.3, -0.25) is 4.79 Å². The molecule has 0 saturated heterocycles. The van der Waals surface area contributed by atoms with Crippen LogP contribution in [0.4, 0.5) is 0 Å². The molecule has 9 heteroatoms. The molecule has 1 aromatic heterocycles. The van der Waals surface area contributed by atoms with Gasteiger partial charge in [-0.25, -0.2) is 9.80 Å². The van der Waals surface area contributed by atoms with E-state index in [9.17, 15) is 9.59 Å². The van der Waals surface area contributed by atoms with Crippen molar-refractivity contribution in [2.24, 2.45) is 5.10 Å². The second-order valence-electron chi connectivity index (χ2n) is 7.15. The number of carbonyl (C=O) groups is 2. The van der Waals surface area contributed by atoms with E-state index in [1.807, 2.05) is 29.6 Å². The zero-order valence-corrected chi connectivity index (χ0v) is 19.6. The number of nitrogens with zero attached hydrogens (tertiary/aromatic N) is 2. The minimum Gasteiger partial charge on any atom is -0.493 e. The molecule has 0 radical (unpaired) electrons. The van der Waals surface area contributed by atoms with Gasteiger partial charge in [-0.1, -0.05) is 35.9 Å². The highest BCUT2D eigenvalue weighted by molar-refractivity contribution is 7.12. The van der Waals surface area contributed by atoms with E-state index in [1.54, 1.807) is 55.9 Å². The molecule has 0 N–H and O–H groups in total. The number of rotatable bonds is 7. The van der Waals surface area contributed by atoms with Gasteiger partial charge in [0.1, 0.15) is 0 Å². The summed E-state index contributed by atoms with van der Waals surface area (Å²) in [6.45, 7) is -0.463. The first kappa shape index (κ1) is 22.8. The molecule has 1 amide bonds. The minimum absolute atomic E-state index is 0.201. The number of methoxy groups -OCH3 is 2. The van der Waals surface area contributed by atoms with Gasteiger partial charge in [-0.05, 0) is 41.3 Å². The summed E-state index contributed by atoms with van der Waals surface area (Å²) in [5.74, 6) is 0.0299. The van der Waals surface area contributed by atoms with E-state index in [0.29, 0.717) is 17.9 Å². The van der Waals surface area contributed by atoms with E-state index in [1.165, 1.54) is 5.01 Å². The van der Waals surface area contributed by atoms with Gasteiger partial charge in [0, 0.05) is 6.42 Å². The molecule has 1 aliphatic heterocycles. The molecular formula is C24H21ClN2O5S. The summed E-state index contributed by atoms with van der Waals surface area (Å²) in [5, 5.41) is 8.17. The zero-order valence-electron chi connectivity index (χ0n) is 18.0. The molecule has 1 aliphatic rings. The Bertz CT molecular complexity index is 1200. The SMILES string of the molecule is COc1ccc(C2CC(c3cccs3)=NN2C(=O)COC(=O)c2ccccc2Cl)cc1OC. The number of halogens is 1. The van der Waals surface area contributed by atoms with E-state index in [-0.39, 0.29) is 16.6 Å². The number of hydrazone groups is 1. The molecule has 2 heterocycles. The van der Waals surface area contributed by atoms with Gasteiger partial charge in [0.05, 0.1) is 41.4 Å². The van der Waals surface area contributed by atoms with Crippen LogP contribution in [0.25, 0.3) is 0 Å². The topological polar surface area (TPSA) is 77.4 Å². The van der Waals surface area contributed by atoms with Crippen LogP contribution in [0.3, 0.4) is 0 Å². The fourth-order valence-electron chi connectivity index (χ4n) is 3.55. The van der Waals surface area contributed by atoms with Gasteiger partial charge in [0.2, 0.25) is 0 Å². The van der Waals surface area contributed by atoms with Crippen molar-refractivity contribution < 1.29 is 23.8 Å². The van der Waals surface area contributed by atoms with Gasteiger partial charge in [-0.2, -0.15) is 5.10 Å². The number of esters is 1. The predicted octanol–water partition coefficient (Wildman–Crippen LogP) is 4.95. The molecule has 1 atom stereocenters. The Morgan fingerprint density at radius 2 is 1.88 bits per heavy atom. The molecule has 3 aromatic rings. The van der Waals surface area contributed by atoms with E-state index >= 15 is 0 Å². The van der Waals surface area contributed by atoms with E-state index < -0.39 is 18.5 Å². The average molecular weight is 485 g/mol. The Kier molecular flexibility index (Phi) is 6.96. The summed E-state index contributed by atoms with van der Waals surface area (Å²) in [5.41, 5.74) is 1.82. The van der Waals surface area contributed by atoms with Crippen molar-refractivity contribution in [3.05, 3.63) is 81.0 Å². The highest BCUT2D eigenvalue weighted by Crippen LogP contribution is 2.37. The van der Waals surface area contributed by atoms with Crippen LogP contribution in [0.15, 0.2) is 65.1 Å². The Morgan fingerprint density at radius 3 is 2.58 bits per heavy atom. The molecular weight excluding hydrogens is 464 g/mol. The normalized spacial score (nSPS) is 15.2. The van der Waals surface area contributed by atoms with Gasteiger partial charge < -0.3 is 14.2 Å². The minimum atomic E-state index is -0.668. The van der Waals surface area contributed by atoms with Gasteiger partial charge in [0.25, 0.3) is 5.91 Å². The molecule has 4 rings (SSSR count). The standard InChI is InChI=1S/C24H21ClN2O5S/c1-30-20-10-9-15(12-21(20)31-2)19-13-18(22-8-5-11-33-22)26-27(19)23(28)14-32-24(29)16-6-3-4-7-17(16)25/h3-12,19H,13-14H2,1-2H3. The number of ether oxygens (including phenoxy) is 3. The molecule has 0 fully saturated rings. The lowest BCUT2D eigenvalue weighted by Crippen LogP contribution is -2.31. The molecule has 0 saturated carbocycles. The average Bonchev–Trinajstić information content (AvgIpc) is 3.52. The summed E-state index contributed by atoms with van der Waals surface area (Å²) < 4.78 is 16.0. The monoisotopic (exact) mass is 484 g/mol. The molecule has 2 aromatic carbocycles. The fraction of sp³-hybridized carbons (Fsp3) is 0.208. The van der Waals surface area contributed by atoms with Crippen LogP contribution < -0.4 is 9.47 Å². The molecule has 33 heavy (non-hydrogen) atoms. The van der Waals surface area contributed by atoms with Crippen LogP contribution in [0.5, 0.6) is 11.5 Å². The molecule has 7 nitrogen and oxygen atoms in total. The van der Waals surface area contributed by atoms with Gasteiger partial charge in [0.15, 0.2) is 18.1 Å². The van der Waals surface area contributed by atoms with Crippen LogP contribution in [-0.2, 0) is 9.53 Å².